The maximum Gasteiger partial charge on any atom is 0.123 e. The molecule has 2 aromatic carbocycles. The number of H-pyrrole nitrogens is 1. The van der Waals surface area contributed by atoms with E-state index in [4.69, 9.17) is 0 Å². The van der Waals surface area contributed by atoms with E-state index in [0.717, 1.165) is 36.1 Å². The van der Waals surface area contributed by atoms with Crippen LogP contribution >= 0.6 is 0 Å². The standard InChI is InChI=1S/C19H21FN2/c1-13-3-5-15(6-4-13)12-21-10-9-17-14(2)22-19-8-7-16(20)11-18(17)19/h3-8,11,21-22H,9-10,12H2,1-2H3. The van der Waals surface area contributed by atoms with E-state index in [0.29, 0.717) is 0 Å². The van der Waals surface area contributed by atoms with Crippen LogP contribution in [-0.4, -0.2) is 11.5 Å². The summed E-state index contributed by atoms with van der Waals surface area (Å²) in [5, 5.41) is 4.45. The minimum Gasteiger partial charge on any atom is -0.358 e. The highest BCUT2D eigenvalue weighted by atomic mass is 19.1. The summed E-state index contributed by atoms with van der Waals surface area (Å²) >= 11 is 0. The van der Waals surface area contributed by atoms with Crippen LogP contribution in [0.5, 0.6) is 0 Å². The van der Waals surface area contributed by atoms with Gasteiger partial charge in [-0.25, -0.2) is 4.39 Å². The first-order valence-corrected chi connectivity index (χ1v) is 7.66. The second-order valence-corrected chi connectivity index (χ2v) is 5.83. The van der Waals surface area contributed by atoms with Crippen LogP contribution in [0.25, 0.3) is 10.9 Å². The molecule has 0 saturated carbocycles. The van der Waals surface area contributed by atoms with Gasteiger partial charge in [-0.05, 0) is 56.1 Å². The van der Waals surface area contributed by atoms with Crippen molar-refractivity contribution in [2.75, 3.05) is 6.54 Å². The first kappa shape index (κ1) is 14.8. The molecule has 0 atom stereocenters. The molecule has 22 heavy (non-hydrogen) atoms. The zero-order valence-electron chi connectivity index (χ0n) is 13.0. The van der Waals surface area contributed by atoms with Crippen LogP contribution in [0.4, 0.5) is 4.39 Å². The zero-order chi connectivity index (χ0) is 15.5. The number of aromatic nitrogens is 1. The van der Waals surface area contributed by atoms with Crippen LogP contribution in [-0.2, 0) is 13.0 Å². The van der Waals surface area contributed by atoms with Gasteiger partial charge in [-0.15, -0.1) is 0 Å². The summed E-state index contributed by atoms with van der Waals surface area (Å²) < 4.78 is 13.4. The molecule has 0 bridgehead atoms. The van der Waals surface area contributed by atoms with E-state index in [-0.39, 0.29) is 5.82 Å². The number of aromatic amines is 1. The Labute approximate surface area is 130 Å². The molecule has 0 aliphatic rings. The number of hydrogen-bond donors (Lipinski definition) is 2. The van der Waals surface area contributed by atoms with Crippen molar-refractivity contribution >= 4 is 10.9 Å². The molecule has 3 aromatic rings. The number of halogens is 1. The minimum absolute atomic E-state index is 0.180. The highest BCUT2D eigenvalue weighted by Gasteiger charge is 2.08. The summed E-state index contributed by atoms with van der Waals surface area (Å²) in [6.07, 6.45) is 0.890. The van der Waals surface area contributed by atoms with Gasteiger partial charge in [-0.3, -0.25) is 0 Å². The normalized spacial score (nSPS) is 11.2. The molecule has 0 radical (unpaired) electrons. The summed E-state index contributed by atoms with van der Waals surface area (Å²) in [7, 11) is 0. The van der Waals surface area contributed by atoms with E-state index in [1.54, 1.807) is 12.1 Å². The lowest BCUT2D eigenvalue weighted by Crippen LogP contribution is -2.16. The third-order valence-electron chi connectivity index (χ3n) is 4.08. The third-order valence-corrected chi connectivity index (χ3v) is 4.08. The van der Waals surface area contributed by atoms with Gasteiger partial charge in [0.15, 0.2) is 0 Å². The molecule has 3 heteroatoms. The highest BCUT2D eigenvalue weighted by Crippen LogP contribution is 2.23. The lowest BCUT2D eigenvalue weighted by atomic mass is 10.1. The van der Waals surface area contributed by atoms with Gasteiger partial charge in [0.2, 0.25) is 0 Å². The summed E-state index contributed by atoms with van der Waals surface area (Å²) in [5.74, 6) is -0.180. The number of fused-ring (bicyclic) bond motifs is 1. The molecule has 0 unspecified atom stereocenters. The van der Waals surface area contributed by atoms with Crippen LogP contribution in [0.15, 0.2) is 42.5 Å². The van der Waals surface area contributed by atoms with Crippen molar-refractivity contribution in [3.63, 3.8) is 0 Å². The fraction of sp³-hybridized carbons (Fsp3) is 0.263. The Bertz CT molecular complexity index is 772. The van der Waals surface area contributed by atoms with Crippen molar-refractivity contribution in [2.24, 2.45) is 0 Å². The SMILES string of the molecule is Cc1ccc(CNCCc2c(C)[nH]c3ccc(F)cc23)cc1. The number of nitrogens with one attached hydrogen (secondary N) is 2. The monoisotopic (exact) mass is 296 g/mol. The molecule has 0 aliphatic heterocycles. The van der Waals surface area contributed by atoms with E-state index in [1.165, 1.54) is 22.8 Å². The van der Waals surface area contributed by atoms with Crippen LogP contribution in [0.3, 0.4) is 0 Å². The Kier molecular flexibility index (Phi) is 4.25. The average Bonchev–Trinajstić information content (AvgIpc) is 2.81. The van der Waals surface area contributed by atoms with Gasteiger partial charge >= 0.3 is 0 Å². The number of aryl methyl sites for hydroxylation is 2. The average molecular weight is 296 g/mol. The second-order valence-electron chi connectivity index (χ2n) is 5.83. The Morgan fingerprint density at radius 3 is 2.59 bits per heavy atom. The van der Waals surface area contributed by atoms with Crippen LogP contribution in [0.1, 0.15) is 22.4 Å². The second kappa shape index (κ2) is 6.32. The molecule has 0 amide bonds. The van der Waals surface area contributed by atoms with Gasteiger partial charge in [0.25, 0.3) is 0 Å². The quantitative estimate of drug-likeness (QED) is 0.677. The van der Waals surface area contributed by atoms with Gasteiger partial charge in [0.1, 0.15) is 5.82 Å². The lowest BCUT2D eigenvalue weighted by Gasteiger charge is -2.06. The molecule has 2 nitrogen and oxygen atoms in total. The first-order valence-electron chi connectivity index (χ1n) is 7.66. The Morgan fingerprint density at radius 1 is 1.05 bits per heavy atom. The molecule has 0 fully saturated rings. The molecule has 1 heterocycles. The molecule has 0 saturated heterocycles. The lowest BCUT2D eigenvalue weighted by molar-refractivity contribution is 0.629. The molecule has 1 aromatic heterocycles. The largest absolute Gasteiger partial charge is 0.358 e. The van der Waals surface area contributed by atoms with E-state index < -0.39 is 0 Å². The van der Waals surface area contributed by atoms with Crippen molar-refractivity contribution in [3.05, 3.63) is 70.7 Å². The Hall–Kier alpha value is -2.13. The van der Waals surface area contributed by atoms with E-state index in [9.17, 15) is 4.39 Å². The Morgan fingerprint density at radius 2 is 1.82 bits per heavy atom. The minimum atomic E-state index is -0.180. The number of benzene rings is 2. The summed E-state index contributed by atoms with van der Waals surface area (Å²) in [5.41, 5.74) is 5.89. The fourth-order valence-electron chi connectivity index (χ4n) is 2.83. The topological polar surface area (TPSA) is 27.8 Å². The van der Waals surface area contributed by atoms with Crippen LogP contribution < -0.4 is 5.32 Å². The van der Waals surface area contributed by atoms with E-state index in [1.807, 2.05) is 6.92 Å². The summed E-state index contributed by atoms with van der Waals surface area (Å²) in [6, 6.07) is 13.5. The third kappa shape index (κ3) is 3.20. The highest BCUT2D eigenvalue weighted by molar-refractivity contribution is 5.84. The zero-order valence-corrected chi connectivity index (χ0v) is 13.0. The summed E-state index contributed by atoms with van der Waals surface area (Å²) in [4.78, 5) is 3.32. The van der Waals surface area contributed by atoms with Gasteiger partial charge in [0, 0.05) is 23.1 Å². The molecule has 3 rings (SSSR count). The van der Waals surface area contributed by atoms with Crippen molar-refractivity contribution < 1.29 is 4.39 Å². The molecule has 0 aliphatic carbocycles. The van der Waals surface area contributed by atoms with Crippen LogP contribution in [0.2, 0.25) is 0 Å². The van der Waals surface area contributed by atoms with Crippen molar-refractivity contribution in [1.29, 1.82) is 0 Å². The van der Waals surface area contributed by atoms with Gasteiger partial charge < -0.3 is 10.3 Å². The van der Waals surface area contributed by atoms with Crippen molar-refractivity contribution in [3.8, 4) is 0 Å². The molecule has 2 N–H and O–H groups in total. The van der Waals surface area contributed by atoms with Gasteiger partial charge in [-0.2, -0.15) is 0 Å². The molecular formula is C19H21FN2. The van der Waals surface area contributed by atoms with E-state index in [2.05, 4.69) is 41.5 Å². The predicted molar refractivity (Wildman–Crippen MR) is 89.6 cm³/mol. The maximum absolute atomic E-state index is 13.4. The molecular weight excluding hydrogens is 275 g/mol. The van der Waals surface area contributed by atoms with Crippen LogP contribution in [0, 0.1) is 19.7 Å². The predicted octanol–water partition coefficient (Wildman–Crippen LogP) is 4.26. The van der Waals surface area contributed by atoms with E-state index >= 15 is 0 Å². The molecule has 0 spiro atoms. The van der Waals surface area contributed by atoms with Crippen molar-refractivity contribution in [2.45, 2.75) is 26.8 Å². The summed E-state index contributed by atoms with van der Waals surface area (Å²) in [6.45, 7) is 5.87. The fourth-order valence-corrected chi connectivity index (χ4v) is 2.83. The van der Waals surface area contributed by atoms with Gasteiger partial charge in [-0.1, -0.05) is 29.8 Å². The molecule has 114 valence electrons. The first-order chi connectivity index (χ1) is 10.6. The number of rotatable bonds is 5. The van der Waals surface area contributed by atoms with Crippen molar-refractivity contribution in [1.82, 2.24) is 10.3 Å². The maximum atomic E-state index is 13.4. The number of hydrogen-bond acceptors (Lipinski definition) is 1. The smallest absolute Gasteiger partial charge is 0.123 e. The van der Waals surface area contributed by atoms with Gasteiger partial charge in [0.05, 0.1) is 0 Å². The Balaban J connectivity index is 1.63.